The van der Waals surface area contributed by atoms with Gasteiger partial charge in [-0.15, -0.1) is 0 Å². The molecule has 0 radical (unpaired) electrons. The Kier molecular flexibility index (Phi) is 8.96. The number of nitrogens with zero attached hydrogens (tertiary/aromatic N) is 1. The molecule has 6 nitrogen and oxygen atoms in total. The highest BCUT2D eigenvalue weighted by Crippen LogP contribution is 2.29. The molecule has 0 aromatic heterocycles. The number of hydrogen-bond acceptors (Lipinski definition) is 6. The Balaban J connectivity index is 1.71. The van der Waals surface area contributed by atoms with Crippen molar-refractivity contribution in [1.82, 2.24) is 0 Å². The van der Waals surface area contributed by atoms with E-state index in [4.69, 9.17) is 9.47 Å². The highest BCUT2D eigenvalue weighted by atomic mass is 16.5. The van der Waals surface area contributed by atoms with Crippen molar-refractivity contribution in [2.45, 2.75) is 70.8 Å². The first kappa shape index (κ1) is 23.2. The molecule has 1 unspecified atom stereocenters. The maximum absolute atomic E-state index is 12.3. The smallest absolute Gasteiger partial charge is 0.313 e. The lowest BCUT2D eigenvalue weighted by Gasteiger charge is -2.29. The molecule has 160 valence electrons. The number of carbonyl (C=O) groups excluding carboxylic acids is 2. The molecule has 0 aliphatic carbocycles. The summed E-state index contributed by atoms with van der Waals surface area (Å²) in [6, 6.07) is 8.08. The second-order valence-corrected chi connectivity index (χ2v) is 8.48. The van der Waals surface area contributed by atoms with Crippen LogP contribution in [0.15, 0.2) is 29.4 Å². The van der Waals surface area contributed by atoms with E-state index in [-0.39, 0.29) is 37.1 Å². The fourth-order valence-corrected chi connectivity index (χ4v) is 3.62. The minimum atomic E-state index is -0.817. The van der Waals surface area contributed by atoms with E-state index in [1.165, 1.54) is 5.56 Å². The Bertz CT molecular complexity index is 677. The predicted octanol–water partition coefficient (Wildman–Crippen LogP) is 4.59. The van der Waals surface area contributed by atoms with E-state index >= 15 is 0 Å². The van der Waals surface area contributed by atoms with E-state index in [2.05, 4.69) is 31.2 Å². The number of esters is 1. The Hall–Kier alpha value is -2.08. The van der Waals surface area contributed by atoms with Crippen LogP contribution in [0.5, 0.6) is 0 Å². The van der Waals surface area contributed by atoms with E-state index < -0.39 is 5.54 Å². The second-order valence-electron chi connectivity index (χ2n) is 8.48. The van der Waals surface area contributed by atoms with Gasteiger partial charge in [-0.3, -0.25) is 9.59 Å². The zero-order chi connectivity index (χ0) is 21.3. The van der Waals surface area contributed by atoms with Gasteiger partial charge in [0.15, 0.2) is 0 Å². The summed E-state index contributed by atoms with van der Waals surface area (Å²) >= 11 is 0. The molecule has 1 aromatic rings. The van der Waals surface area contributed by atoms with Gasteiger partial charge in [0.2, 0.25) is 0 Å². The Morgan fingerprint density at radius 1 is 1.14 bits per heavy atom. The summed E-state index contributed by atoms with van der Waals surface area (Å²) in [7, 11) is 0. The molecule has 1 saturated heterocycles. The van der Waals surface area contributed by atoms with Gasteiger partial charge in [-0.05, 0) is 49.7 Å². The van der Waals surface area contributed by atoms with Gasteiger partial charge in [-0.25, -0.2) is 0 Å². The van der Waals surface area contributed by atoms with Gasteiger partial charge in [0.25, 0.3) is 0 Å². The largest absolute Gasteiger partial charge is 0.465 e. The number of ether oxygens (including phenoxy) is 2. The molecule has 0 amide bonds. The number of nitroso groups, excluding NO2 is 1. The standard InChI is InChI=1S/C23H33NO5/c1-17(2)15-19-6-8-20(9-7-19)18(3)22(26)29-12-4-5-21(25)16-23(24-27)10-13-28-14-11-23/h6-9,17-18H,4-5,10-16H2,1-3H3. The van der Waals surface area contributed by atoms with Crippen LogP contribution in [0.1, 0.15) is 69.9 Å². The van der Waals surface area contributed by atoms with Crippen molar-refractivity contribution in [2.75, 3.05) is 19.8 Å². The van der Waals surface area contributed by atoms with Crippen LogP contribution in [0, 0.1) is 10.8 Å². The summed E-state index contributed by atoms with van der Waals surface area (Å²) in [5, 5.41) is 3.22. The maximum atomic E-state index is 12.3. The molecule has 1 aliphatic heterocycles. The summed E-state index contributed by atoms with van der Waals surface area (Å²) in [5.41, 5.74) is 1.37. The average Bonchev–Trinajstić information content (AvgIpc) is 2.71. The van der Waals surface area contributed by atoms with Gasteiger partial charge in [0.05, 0.1) is 12.5 Å². The fourth-order valence-electron chi connectivity index (χ4n) is 3.62. The summed E-state index contributed by atoms with van der Waals surface area (Å²) in [6.07, 6.45) is 2.88. The molecule has 1 aliphatic rings. The van der Waals surface area contributed by atoms with E-state index in [9.17, 15) is 14.5 Å². The molecular weight excluding hydrogens is 370 g/mol. The molecule has 1 atom stereocenters. The SMILES string of the molecule is CC(C)Cc1ccc(C(C)C(=O)OCCCC(=O)CC2(N=O)CCOCC2)cc1. The Labute approximate surface area is 173 Å². The van der Waals surface area contributed by atoms with Crippen molar-refractivity contribution in [3.63, 3.8) is 0 Å². The van der Waals surface area contributed by atoms with Crippen molar-refractivity contribution >= 4 is 11.8 Å². The summed E-state index contributed by atoms with van der Waals surface area (Å²) in [4.78, 5) is 35.7. The van der Waals surface area contributed by atoms with E-state index in [1.54, 1.807) is 0 Å². The van der Waals surface area contributed by atoms with Crippen LogP contribution in [0.3, 0.4) is 0 Å². The van der Waals surface area contributed by atoms with Crippen molar-refractivity contribution < 1.29 is 19.1 Å². The minimum absolute atomic E-state index is 0.0173. The number of ketones is 1. The third-order valence-corrected chi connectivity index (χ3v) is 5.46. The molecular formula is C23H33NO5. The first-order valence-corrected chi connectivity index (χ1v) is 10.5. The number of rotatable bonds is 11. The van der Waals surface area contributed by atoms with Crippen molar-refractivity contribution in [2.24, 2.45) is 11.1 Å². The molecule has 1 heterocycles. The first-order chi connectivity index (χ1) is 13.8. The molecule has 6 heteroatoms. The second kappa shape index (κ2) is 11.2. The van der Waals surface area contributed by atoms with Crippen LogP contribution in [-0.2, 0) is 25.5 Å². The molecule has 0 saturated carbocycles. The van der Waals surface area contributed by atoms with E-state index in [0.29, 0.717) is 38.4 Å². The van der Waals surface area contributed by atoms with Crippen LogP contribution in [0.4, 0.5) is 0 Å². The lowest BCUT2D eigenvalue weighted by molar-refractivity contribution is -0.145. The average molecular weight is 404 g/mol. The number of Topliss-reactive ketones (excluding diaryl/α,β-unsaturated/α-hetero) is 1. The Morgan fingerprint density at radius 3 is 2.38 bits per heavy atom. The third kappa shape index (κ3) is 7.35. The van der Waals surface area contributed by atoms with Crippen molar-refractivity contribution in [1.29, 1.82) is 0 Å². The van der Waals surface area contributed by atoms with Crippen LogP contribution < -0.4 is 0 Å². The van der Waals surface area contributed by atoms with Gasteiger partial charge < -0.3 is 9.47 Å². The summed E-state index contributed by atoms with van der Waals surface area (Å²) in [6.45, 7) is 7.32. The highest BCUT2D eigenvalue weighted by Gasteiger charge is 2.36. The maximum Gasteiger partial charge on any atom is 0.313 e. The predicted molar refractivity (Wildman–Crippen MR) is 112 cm³/mol. The van der Waals surface area contributed by atoms with E-state index in [0.717, 1.165) is 12.0 Å². The van der Waals surface area contributed by atoms with Gasteiger partial charge in [0, 0.05) is 26.1 Å². The molecule has 0 N–H and O–H groups in total. The zero-order valence-corrected chi connectivity index (χ0v) is 17.8. The van der Waals surface area contributed by atoms with Crippen LogP contribution in [-0.4, -0.2) is 37.1 Å². The van der Waals surface area contributed by atoms with Crippen molar-refractivity contribution in [3.8, 4) is 0 Å². The molecule has 1 aromatic carbocycles. The van der Waals surface area contributed by atoms with Gasteiger partial charge in [0.1, 0.15) is 11.3 Å². The summed E-state index contributed by atoms with van der Waals surface area (Å²) in [5.74, 6) is -0.0565. The minimum Gasteiger partial charge on any atom is -0.465 e. The van der Waals surface area contributed by atoms with Crippen molar-refractivity contribution in [3.05, 3.63) is 40.3 Å². The quantitative estimate of drug-likeness (QED) is 0.307. The van der Waals surface area contributed by atoms with Crippen LogP contribution >= 0.6 is 0 Å². The molecule has 1 fully saturated rings. The lowest BCUT2D eigenvalue weighted by atomic mass is 9.85. The lowest BCUT2D eigenvalue weighted by Crippen LogP contribution is -2.36. The van der Waals surface area contributed by atoms with Gasteiger partial charge >= 0.3 is 5.97 Å². The number of hydrogen-bond donors (Lipinski definition) is 0. The first-order valence-electron chi connectivity index (χ1n) is 10.5. The zero-order valence-electron chi connectivity index (χ0n) is 17.8. The normalized spacial score (nSPS) is 17.0. The Morgan fingerprint density at radius 2 is 1.79 bits per heavy atom. The number of benzene rings is 1. The monoisotopic (exact) mass is 403 g/mol. The van der Waals surface area contributed by atoms with Crippen LogP contribution in [0.2, 0.25) is 0 Å². The third-order valence-electron chi connectivity index (χ3n) is 5.46. The topological polar surface area (TPSA) is 82.0 Å². The van der Waals surface area contributed by atoms with E-state index in [1.807, 2.05) is 19.1 Å². The van der Waals surface area contributed by atoms with Gasteiger partial charge in [-0.1, -0.05) is 43.3 Å². The fraction of sp³-hybridized carbons (Fsp3) is 0.652. The molecule has 0 spiro atoms. The van der Waals surface area contributed by atoms with Crippen LogP contribution in [0.25, 0.3) is 0 Å². The summed E-state index contributed by atoms with van der Waals surface area (Å²) < 4.78 is 10.6. The molecule has 29 heavy (non-hydrogen) atoms. The number of carbonyl (C=O) groups is 2. The highest BCUT2D eigenvalue weighted by molar-refractivity contribution is 5.80. The molecule has 0 bridgehead atoms. The van der Waals surface area contributed by atoms with Gasteiger partial charge in [-0.2, -0.15) is 4.91 Å². The molecule has 2 rings (SSSR count).